The van der Waals surface area contributed by atoms with Crippen molar-refractivity contribution in [3.8, 4) is 0 Å². The van der Waals surface area contributed by atoms with Gasteiger partial charge >= 0.3 is 0 Å². The Labute approximate surface area is 117 Å². The molecule has 0 bridgehead atoms. The highest BCUT2D eigenvalue weighted by Crippen LogP contribution is 2.34. The number of nitrogens with two attached hydrogens (primary N) is 1. The lowest BCUT2D eigenvalue weighted by molar-refractivity contribution is 0.0963. The molecule has 2 N–H and O–H groups in total. The maximum Gasteiger partial charge on any atom is 0.0640 e. The normalized spacial score (nSPS) is 21.3. The van der Waals surface area contributed by atoms with Crippen molar-refractivity contribution in [1.29, 1.82) is 0 Å². The van der Waals surface area contributed by atoms with Crippen LogP contribution in [0.25, 0.3) is 0 Å². The first-order chi connectivity index (χ1) is 9.04. The summed E-state index contributed by atoms with van der Waals surface area (Å²) in [6.07, 6.45) is 10.6. The van der Waals surface area contributed by atoms with E-state index in [0.29, 0.717) is 0 Å². The van der Waals surface area contributed by atoms with Crippen molar-refractivity contribution in [1.82, 2.24) is 14.7 Å². The van der Waals surface area contributed by atoms with Crippen LogP contribution in [0.1, 0.15) is 44.2 Å². The number of aryl methyl sites for hydroxylation is 1. The van der Waals surface area contributed by atoms with Crippen LogP contribution < -0.4 is 5.73 Å². The molecule has 0 spiro atoms. The zero-order valence-corrected chi connectivity index (χ0v) is 12.6. The van der Waals surface area contributed by atoms with Crippen LogP contribution >= 0.6 is 0 Å². The molecular formula is C15H28N4. The van der Waals surface area contributed by atoms with E-state index in [1.165, 1.54) is 38.5 Å². The smallest absolute Gasteiger partial charge is 0.0640 e. The fourth-order valence-corrected chi connectivity index (χ4v) is 3.48. The highest BCUT2D eigenvalue weighted by atomic mass is 15.2. The van der Waals surface area contributed by atoms with Gasteiger partial charge < -0.3 is 10.6 Å². The molecule has 2 rings (SSSR count). The van der Waals surface area contributed by atoms with E-state index in [9.17, 15) is 0 Å². The summed E-state index contributed by atoms with van der Waals surface area (Å²) in [6.45, 7) is 0. The molecule has 0 saturated heterocycles. The van der Waals surface area contributed by atoms with Gasteiger partial charge in [0.15, 0.2) is 0 Å². The van der Waals surface area contributed by atoms with Crippen LogP contribution in [-0.4, -0.2) is 40.4 Å². The number of hydrogen-bond acceptors (Lipinski definition) is 3. The van der Waals surface area contributed by atoms with Gasteiger partial charge in [0.2, 0.25) is 0 Å². The topological polar surface area (TPSA) is 47.1 Å². The fourth-order valence-electron chi connectivity index (χ4n) is 3.48. The minimum Gasteiger partial charge on any atom is -0.326 e. The third-order valence-corrected chi connectivity index (χ3v) is 4.75. The van der Waals surface area contributed by atoms with Crippen LogP contribution in [0.5, 0.6) is 0 Å². The molecule has 4 nitrogen and oxygen atoms in total. The number of hydrogen-bond donors (Lipinski definition) is 1. The molecule has 0 aliphatic heterocycles. The molecule has 1 fully saturated rings. The average molecular weight is 264 g/mol. The van der Waals surface area contributed by atoms with E-state index in [1.807, 2.05) is 17.9 Å². The number of nitrogens with zero attached hydrogens (tertiary/aromatic N) is 3. The maximum absolute atomic E-state index is 6.60. The van der Waals surface area contributed by atoms with Crippen molar-refractivity contribution in [2.24, 2.45) is 12.8 Å². The summed E-state index contributed by atoms with van der Waals surface area (Å²) in [4.78, 5) is 2.37. The largest absolute Gasteiger partial charge is 0.326 e. The van der Waals surface area contributed by atoms with Gasteiger partial charge in [-0.05, 0) is 33.0 Å². The van der Waals surface area contributed by atoms with Crippen molar-refractivity contribution < 1.29 is 0 Å². The molecule has 19 heavy (non-hydrogen) atoms. The third kappa shape index (κ3) is 3.18. The van der Waals surface area contributed by atoms with Crippen molar-refractivity contribution in [2.75, 3.05) is 14.1 Å². The zero-order valence-electron chi connectivity index (χ0n) is 12.6. The van der Waals surface area contributed by atoms with Crippen molar-refractivity contribution in [3.63, 3.8) is 0 Å². The summed E-state index contributed by atoms with van der Waals surface area (Å²) in [5.41, 5.74) is 7.86. The number of likely N-dealkylation sites (N-methyl/N-ethyl adjacent to an activating group) is 1. The Hall–Kier alpha value is -0.870. The molecule has 108 valence electrons. The van der Waals surface area contributed by atoms with Gasteiger partial charge in [0, 0.05) is 31.2 Å². The second-order valence-electron chi connectivity index (χ2n) is 6.20. The first kappa shape index (κ1) is 14.5. The molecule has 0 aromatic carbocycles. The molecular weight excluding hydrogens is 236 g/mol. The summed E-state index contributed by atoms with van der Waals surface area (Å²) >= 11 is 0. The van der Waals surface area contributed by atoms with Crippen molar-refractivity contribution in [3.05, 3.63) is 18.0 Å². The van der Waals surface area contributed by atoms with Crippen LogP contribution in [0, 0.1) is 0 Å². The highest BCUT2D eigenvalue weighted by Gasteiger charge is 2.39. The summed E-state index contributed by atoms with van der Waals surface area (Å²) in [6, 6.07) is 2.25. The molecule has 0 radical (unpaired) electrons. The first-order valence-corrected chi connectivity index (χ1v) is 7.46. The second kappa shape index (κ2) is 6.06. The number of aromatic nitrogens is 2. The lowest BCUT2D eigenvalue weighted by Crippen LogP contribution is -2.58. The van der Waals surface area contributed by atoms with Gasteiger partial charge in [-0.2, -0.15) is 5.10 Å². The molecule has 1 unspecified atom stereocenters. The molecule has 1 aliphatic carbocycles. The van der Waals surface area contributed by atoms with Gasteiger partial charge in [0.25, 0.3) is 0 Å². The van der Waals surface area contributed by atoms with Gasteiger partial charge in [-0.1, -0.05) is 25.7 Å². The Morgan fingerprint density at radius 2 is 1.95 bits per heavy atom. The molecule has 1 heterocycles. The fraction of sp³-hybridized carbons (Fsp3) is 0.800. The Morgan fingerprint density at radius 3 is 2.42 bits per heavy atom. The minimum atomic E-state index is 0.147. The quantitative estimate of drug-likeness (QED) is 0.846. The van der Waals surface area contributed by atoms with Crippen molar-refractivity contribution >= 4 is 0 Å². The van der Waals surface area contributed by atoms with Crippen molar-refractivity contribution in [2.45, 2.75) is 56.5 Å². The molecule has 1 saturated carbocycles. The van der Waals surface area contributed by atoms with Crippen LogP contribution in [0.4, 0.5) is 0 Å². The van der Waals surface area contributed by atoms with Gasteiger partial charge in [-0.15, -0.1) is 0 Å². The van der Waals surface area contributed by atoms with Crippen LogP contribution in [0.15, 0.2) is 12.3 Å². The predicted octanol–water partition coefficient (Wildman–Crippen LogP) is 1.94. The molecule has 4 heteroatoms. The maximum atomic E-state index is 6.60. The Morgan fingerprint density at radius 1 is 1.32 bits per heavy atom. The van der Waals surface area contributed by atoms with E-state index < -0.39 is 0 Å². The van der Waals surface area contributed by atoms with E-state index >= 15 is 0 Å². The average Bonchev–Trinajstić information content (AvgIpc) is 2.65. The minimum absolute atomic E-state index is 0.147. The zero-order chi connectivity index (χ0) is 13.9. The standard InChI is InChI=1S/C15H28N4/c1-18(2)15(9-6-4-5-7-10-15)14(16)12-13-8-11-19(3)17-13/h8,11,14H,4-7,9-10,12,16H2,1-3H3. The first-order valence-electron chi connectivity index (χ1n) is 7.46. The lowest BCUT2D eigenvalue weighted by Gasteiger charge is -2.44. The summed E-state index contributed by atoms with van der Waals surface area (Å²) in [5.74, 6) is 0. The van der Waals surface area contributed by atoms with E-state index in [-0.39, 0.29) is 11.6 Å². The SMILES string of the molecule is CN(C)C1(C(N)Cc2ccn(C)n2)CCCCCC1. The van der Waals surface area contributed by atoms with Gasteiger partial charge in [0.05, 0.1) is 5.69 Å². The van der Waals surface area contributed by atoms with Gasteiger partial charge in [-0.3, -0.25) is 4.68 Å². The summed E-state index contributed by atoms with van der Waals surface area (Å²) < 4.78 is 1.86. The van der Waals surface area contributed by atoms with E-state index in [0.717, 1.165) is 12.1 Å². The summed E-state index contributed by atoms with van der Waals surface area (Å²) in [5, 5.41) is 4.48. The Kier molecular flexibility index (Phi) is 4.63. The second-order valence-corrected chi connectivity index (χ2v) is 6.20. The van der Waals surface area contributed by atoms with Crippen LogP contribution in [0.3, 0.4) is 0 Å². The molecule has 0 amide bonds. The Bertz CT molecular complexity index is 389. The lowest BCUT2D eigenvalue weighted by atomic mass is 9.80. The molecule has 1 aromatic rings. The highest BCUT2D eigenvalue weighted by molar-refractivity contribution is 5.07. The van der Waals surface area contributed by atoms with Gasteiger partial charge in [0.1, 0.15) is 0 Å². The molecule has 1 aliphatic rings. The number of rotatable bonds is 4. The van der Waals surface area contributed by atoms with Crippen LogP contribution in [-0.2, 0) is 13.5 Å². The molecule has 1 aromatic heterocycles. The Balaban J connectivity index is 2.13. The monoisotopic (exact) mass is 264 g/mol. The van der Waals surface area contributed by atoms with E-state index in [1.54, 1.807) is 0 Å². The van der Waals surface area contributed by atoms with E-state index in [4.69, 9.17) is 5.73 Å². The summed E-state index contributed by atoms with van der Waals surface area (Å²) in [7, 11) is 6.33. The van der Waals surface area contributed by atoms with Gasteiger partial charge in [-0.25, -0.2) is 0 Å². The van der Waals surface area contributed by atoms with E-state index in [2.05, 4.69) is 30.2 Å². The molecule has 1 atom stereocenters. The van der Waals surface area contributed by atoms with Crippen LogP contribution in [0.2, 0.25) is 0 Å². The third-order valence-electron chi connectivity index (χ3n) is 4.75. The predicted molar refractivity (Wildman–Crippen MR) is 79.0 cm³/mol.